The average molecular weight is 672 g/mol. The molecule has 11 heteroatoms. The number of hydrogen-bond donors (Lipinski definition) is 4. The third kappa shape index (κ3) is 3.36. The van der Waals surface area contributed by atoms with E-state index in [1.165, 1.54) is 6.92 Å². The molecular formula is C13H11I3N2O6. The first kappa shape index (κ1) is 20.1. The van der Waals surface area contributed by atoms with Crippen molar-refractivity contribution in [3.05, 3.63) is 21.8 Å². The lowest BCUT2D eigenvalue weighted by Crippen LogP contribution is -2.41. The zero-order valence-corrected chi connectivity index (χ0v) is 18.5. The normalized spacial score (nSPS) is 19.5. The van der Waals surface area contributed by atoms with Gasteiger partial charge < -0.3 is 25.4 Å². The molecule has 1 aliphatic rings. The summed E-state index contributed by atoms with van der Waals surface area (Å²) in [5.41, 5.74) is -1.03. The van der Waals surface area contributed by atoms with E-state index in [0.29, 0.717) is 16.4 Å². The van der Waals surface area contributed by atoms with Gasteiger partial charge in [0.05, 0.1) is 14.8 Å². The van der Waals surface area contributed by atoms with Crippen LogP contribution < -0.4 is 5.32 Å². The van der Waals surface area contributed by atoms with Crippen LogP contribution in [-0.2, 0) is 15.1 Å². The van der Waals surface area contributed by atoms with Gasteiger partial charge >= 0.3 is 5.97 Å². The number of aliphatic imine (C=N–C) groups is 1. The average Bonchev–Trinajstić information content (AvgIpc) is 2.93. The van der Waals surface area contributed by atoms with Crippen LogP contribution in [0.4, 0.5) is 5.69 Å². The van der Waals surface area contributed by atoms with Crippen LogP contribution in [0.1, 0.15) is 22.8 Å². The molecule has 0 spiro atoms. The summed E-state index contributed by atoms with van der Waals surface area (Å²) >= 11 is 5.61. The highest BCUT2D eigenvalue weighted by Gasteiger charge is 2.47. The largest absolute Gasteiger partial charge is 0.480 e. The number of aromatic carboxylic acids is 1. The topological polar surface area (TPSA) is 128 Å². The second-order valence-corrected chi connectivity index (χ2v) is 8.13. The fourth-order valence-corrected chi connectivity index (χ4v) is 7.09. The van der Waals surface area contributed by atoms with Crippen molar-refractivity contribution in [2.45, 2.75) is 18.8 Å². The summed E-state index contributed by atoms with van der Waals surface area (Å²) in [6.45, 7) is 1.15. The number of carboxylic acids is 1. The smallest absolute Gasteiger partial charge is 0.337 e. The molecule has 0 aliphatic carbocycles. The van der Waals surface area contributed by atoms with E-state index in [1.807, 2.05) is 67.8 Å². The SMILES string of the molecule is CC(=O)Nc1c(I)c(C(=O)O)c(I)c(C2(C(O)O)COC=N2)c1I. The van der Waals surface area contributed by atoms with Gasteiger partial charge in [0.1, 0.15) is 6.61 Å². The number of ether oxygens (including phenoxy) is 1. The monoisotopic (exact) mass is 672 g/mol. The van der Waals surface area contributed by atoms with Gasteiger partial charge in [-0.15, -0.1) is 0 Å². The van der Waals surface area contributed by atoms with E-state index < -0.39 is 17.8 Å². The highest BCUT2D eigenvalue weighted by Crippen LogP contribution is 2.44. The molecule has 1 amide bonds. The van der Waals surface area contributed by atoms with Gasteiger partial charge in [-0.1, -0.05) is 0 Å². The Bertz CT molecular complexity index is 752. The fourth-order valence-electron chi connectivity index (χ4n) is 2.26. The van der Waals surface area contributed by atoms with Crippen molar-refractivity contribution >= 4 is 91.7 Å². The third-order valence-corrected chi connectivity index (χ3v) is 6.59. The van der Waals surface area contributed by atoms with Gasteiger partial charge in [0.25, 0.3) is 0 Å². The molecule has 0 fully saturated rings. The number of benzene rings is 1. The molecule has 0 radical (unpaired) electrons. The maximum Gasteiger partial charge on any atom is 0.337 e. The van der Waals surface area contributed by atoms with Crippen LogP contribution in [0.15, 0.2) is 4.99 Å². The molecule has 130 valence electrons. The van der Waals surface area contributed by atoms with Crippen LogP contribution in [-0.4, -0.2) is 46.5 Å². The van der Waals surface area contributed by atoms with Crippen LogP contribution in [0.2, 0.25) is 0 Å². The van der Waals surface area contributed by atoms with Crippen molar-refractivity contribution in [1.82, 2.24) is 0 Å². The number of aliphatic hydroxyl groups is 2. The maximum atomic E-state index is 11.7. The molecule has 0 saturated carbocycles. The number of carbonyl (C=O) groups excluding carboxylic acids is 1. The van der Waals surface area contributed by atoms with E-state index in [-0.39, 0.29) is 23.6 Å². The van der Waals surface area contributed by atoms with Crippen molar-refractivity contribution in [3.63, 3.8) is 0 Å². The van der Waals surface area contributed by atoms with Crippen molar-refractivity contribution in [1.29, 1.82) is 0 Å². The molecule has 1 heterocycles. The zero-order chi connectivity index (χ0) is 18.2. The van der Waals surface area contributed by atoms with Crippen LogP contribution in [0.5, 0.6) is 0 Å². The van der Waals surface area contributed by atoms with Gasteiger partial charge in [-0.25, -0.2) is 9.79 Å². The van der Waals surface area contributed by atoms with Crippen molar-refractivity contribution in [2.24, 2.45) is 4.99 Å². The fraction of sp³-hybridized carbons (Fsp3) is 0.308. The molecular weight excluding hydrogens is 661 g/mol. The van der Waals surface area contributed by atoms with Gasteiger partial charge in [-0.05, 0) is 67.8 Å². The zero-order valence-electron chi connectivity index (χ0n) is 12.0. The van der Waals surface area contributed by atoms with E-state index in [2.05, 4.69) is 10.3 Å². The lowest BCUT2D eigenvalue weighted by molar-refractivity contribution is -0.114. The minimum Gasteiger partial charge on any atom is -0.480 e. The van der Waals surface area contributed by atoms with E-state index in [0.717, 1.165) is 6.40 Å². The number of amides is 1. The van der Waals surface area contributed by atoms with E-state index in [9.17, 15) is 24.9 Å². The first-order valence-electron chi connectivity index (χ1n) is 6.36. The van der Waals surface area contributed by atoms with Crippen LogP contribution in [0.25, 0.3) is 0 Å². The third-order valence-electron chi connectivity index (χ3n) is 3.35. The Hall–Kier alpha value is -0.260. The first-order valence-corrected chi connectivity index (χ1v) is 9.60. The van der Waals surface area contributed by atoms with Crippen LogP contribution in [0.3, 0.4) is 0 Å². The van der Waals surface area contributed by atoms with E-state index in [4.69, 9.17) is 4.74 Å². The summed E-state index contributed by atoms with van der Waals surface area (Å²) in [5.74, 6) is -1.57. The van der Waals surface area contributed by atoms with E-state index in [1.54, 1.807) is 0 Å². The van der Waals surface area contributed by atoms with Gasteiger partial charge in [0.15, 0.2) is 18.2 Å². The lowest BCUT2D eigenvalue weighted by atomic mass is 9.89. The number of rotatable bonds is 4. The van der Waals surface area contributed by atoms with Crippen molar-refractivity contribution in [3.8, 4) is 0 Å². The second kappa shape index (κ2) is 7.55. The summed E-state index contributed by atoms with van der Waals surface area (Å²) < 4.78 is 6.20. The van der Waals surface area contributed by atoms with Crippen LogP contribution >= 0.6 is 67.8 Å². The van der Waals surface area contributed by atoms with Gasteiger partial charge in [-0.3, -0.25) is 4.79 Å². The van der Waals surface area contributed by atoms with Crippen LogP contribution in [0, 0.1) is 10.7 Å². The van der Waals surface area contributed by atoms with E-state index >= 15 is 0 Å². The number of nitrogens with one attached hydrogen (secondary N) is 1. The second-order valence-electron chi connectivity index (χ2n) is 4.90. The maximum absolute atomic E-state index is 11.7. The molecule has 1 aliphatic heterocycles. The molecule has 0 saturated heterocycles. The Balaban J connectivity index is 2.90. The number of carbonyl (C=O) groups is 2. The summed E-state index contributed by atoms with van der Waals surface area (Å²) in [7, 11) is 0. The standard InChI is InChI=1S/C13H11I3N2O6/c1-4(19)18-10-8(15)5(11(20)21)7(14)6(9(10)16)13(12(22)23)2-24-3-17-13/h3,12,22-23H,2H2,1H3,(H,18,19)(H,20,21). The number of aliphatic hydroxyl groups excluding tert-OH is 1. The molecule has 8 nitrogen and oxygen atoms in total. The number of halogens is 3. The number of carboxylic acid groups (broad SMARTS) is 1. The Labute approximate surface area is 177 Å². The van der Waals surface area contributed by atoms with Gasteiger partial charge in [-0.2, -0.15) is 0 Å². The van der Waals surface area contributed by atoms with Crippen molar-refractivity contribution in [2.75, 3.05) is 11.9 Å². The summed E-state index contributed by atoms with van der Waals surface area (Å²) in [6.07, 6.45) is -0.813. The predicted molar refractivity (Wildman–Crippen MR) is 110 cm³/mol. The molecule has 1 unspecified atom stereocenters. The summed E-state index contributed by atoms with van der Waals surface area (Å²) in [5, 5.41) is 32.0. The Morgan fingerprint density at radius 3 is 2.33 bits per heavy atom. The predicted octanol–water partition coefficient (Wildman–Crippen LogP) is 1.72. The highest BCUT2D eigenvalue weighted by molar-refractivity contribution is 14.1. The number of anilines is 1. The molecule has 0 aromatic heterocycles. The number of hydrogen-bond acceptors (Lipinski definition) is 6. The molecule has 1 atom stereocenters. The minimum absolute atomic E-state index is 0.0440. The quantitative estimate of drug-likeness (QED) is 0.285. The number of nitrogens with zero attached hydrogens (tertiary/aromatic N) is 1. The Morgan fingerprint density at radius 2 is 1.92 bits per heavy atom. The van der Waals surface area contributed by atoms with Gasteiger partial charge in [0.2, 0.25) is 5.91 Å². The first-order chi connectivity index (χ1) is 11.1. The lowest BCUT2D eigenvalue weighted by Gasteiger charge is -2.30. The van der Waals surface area contributed by atoms with Gasteiger partial charge in [0, 0.05) is 19.6 Å². The molecule has 1 aromatic rings. The highest BCUT2D eigenvalue weighted by atomic mass is 127. The Morgan fingerprint density at radius 1 is 1.29 bits per heavy atom. The molecule has 0 bridgehead atoms. The Kier molecular flexibility index (Phi) is 6.31. The molecule has 4 N–H and O–H groups in total. The van der Waals surface area contributed by atoms with Crippen molar-refractivity contribution < 1.29 is 29.6 Å². The molecule has 1 aromatic carbocycles. The molecule has 2 rings (SSSR count). The molecule has 24 heavy (non-hydrogen) atoms. The summed E-state index contributed by atoms with van der Waals surface area (Å²) in [4.78, 5) is 27.3. The summed E-state index contributed by atoms with van der Waals surface area (Å²) in [6, 6.07) is 0. The minimum atomic E-state index is -1.91.